The molecule has 2 N–H and O–H groups in total. The summed E-state index contributed by atoms with van der Waals surface area (Å²) in [6.45, 7) is 0. The molecule has 22 heavy (non-hydrogen) atoms. The zero-order valence-corrected chi connectivity index (χ0v) is 11.7. The molecule has 1 fully saturated rings. The van der Waals surface area contributed by atoms with Crippen LogP contribution in [-0.4, -0.2) is 17.7 Å². The number of rotatable bonds is 2. The molecule has 0 spiro atoms. The van der Waals surface area contributed by atoms with Crippen LogP contribution in [0.3, 0.4) is 0 Å². The number of nitrogens with zero attached hydrogens (tertiary/aromatic N) is 1. The molecule has 1 saturated heterocycles. The Morgan fingerprint density at radius 1 is 1.00 bits per heavy atom. The van der Waals surface area contributed by atoms with Gasteiger partial charge in [-0.25, -0.2) is 0 Å². The predicted octanol–water partition coefficient (Wildman–Crippen LogP) is 1.13. The second kappa shape index (κ2) is 5.76. The first kappa shape index (κ1) is 13.9. The monoisotopic (exact) mass is 292 g/mol. The first-order valence-corrected chi connectivity index (χ1v) is 6.88. The normalized spacial score (nSPS) is 21.2. The van der Waals surface area contributed by atoms with Gasteiger partial charge in [0.1, 0.15) is 0 Å². The molecular formula is C17H14N3O2+. The van der Waals surface area contributed by atoms with Crippen molar-refractivity contribution in [3.8, 4) is 0 Å². The van der Waals surface area contributed by atoms with E-state index in [2.05, 4.69) is 11.2 Å². The molecule has 2 atom stereocenters. The predicted molar refractivity (Wildman–Crippen MR) is 79.2 cm³/mol. The lowest BCUT2D eigenvalue weighted by Gasteiger charge is -2.27. The Morgan fingerprint density at radius 2 is 1.64 bits per heavy atom. The number of carbonyl (C=O) groups is 2. The molecule has 3 rings (SSSR count). The minimum Gasteiger partial charge on any atom is -0.286 e. The molecule has 1 aromatic heterocycles. The van der Waals surface area contributed by atoms with Gasteiger partial charge in [0, 0.05) is 12.1 Å². The summed E-state index contributed by atoms with van der Waals surface area (Å²) >= 11 is 0. The first-order chi connectivity index (χ1) is 10.7. The fourth-order valence-corrected chi connectivity index (χ4v) is 2.75. The average Bonchev–Trinajstić information content (AvgIpc) is 2.56. The van der Waals surface area contributed by atoms with E-state index in [1.54, 1.807) is 17.0 Å². The zero-order valence-electron chi connectivity index (χ0n) is 11.7. The van der Waals surface area contributed by atoms with Crippen LogP contribution in [0, 0.1) is 5.41 Å². The van der Waals surface area contributed by atoms with Crippen molar-refractivity contribution in [3.63, 3.8) is 0 Å². The molecular weight excluding hydrogens is 278 g/mol. The number of nitrogens with one attached hydrogen (secondary N) is 2. The van der Waals surface area contributed by atoms with Crippen molar-refractivity contribution in [2.24, 2.45) is 0 Å². The average molecular weight is 292 g/mol. The number of piperidine rings is 1. The molecule has 1 aliphatic rings. The van der Waals surface area contributed by atoms with Crippen molar-refractivity contribution in [3.05, 3.63) is 72.1 Å². The molecule has 1 aromatic carbocycles. The summed E-state index contributed by atoms with van der Waals surface area (Å²) in [4.78, 5) is 24.4. The highest BCUT2D eigenvalue weighted by Gasteiger charge is 2.47. The molecule has 2 heterocycles. The van der Waals surface area contributed by atoms with Crippen LogP contribution in [0.4, 0.5) is 0 Å². The highest BCUT2D eigenvalue weighted by Crippen LogP contribution is 2.34. The molecule has 5 nitrogen and oxygen atoms in total. The zero-order chi connectivity index (χ0) is 15.5. The minimum atomic E-state index is -0.630. The van der Waals surface area contributed by atoms with Gasteiger partial charge in [-0.05, 0) is 11.4 Å². The maximum atomic E-state index is 12.4. The summed E-state index contributed by atoms with van der Waals surface area (Å²) in [5.41, 5.74) is 0.967. The summed E-state index contributed by atoms with van der Waals surface area (Å²) in [6.07, 6.45) is 3.55. The number of hydrogen-bond acceptors (Lipinski definition) is 3. The summed E-state index contributed by atoms with van der Waals surface area (Å²) < 4.78 is 1.75. The van der Waals surface area contributed by atoms with Crippen molar-refractivity contribution in [1.82, 2.24) is 5.32 Å². The molecule has 0 saturated carbocycles. The molecule has 0 aliphatic carbocycles. The Hall–Kier alpha value is -3.04. The Balaban J connectivity index is 2.18. The number of benzene rings is 1. The second-order valence-electron chi connectivity index (χ2n) is 5.01. The Labute approximate surface area is 127 Å². The number of aromatic nitrogens is 1. The van der Waals surface area contributed by atoms with Gasteiger partial charge in [0.15, 0.2) is 12.4 Å². The standard InChI is InChI=1S/C17H13N3O2/c18-11-13-14(12-7-3-1-4-8-12)15(17(22)19-16(13)21)20-9-5-2-6-10-20/h1-10,14-15,18H/p+1/t14-,15+/m1/s1. The van der Waals surface area contributed by atoms with E-state index in [4.69, 9.17) is 5.41 Å². The quantitative estimate of drug-likeness (QED) is 0.377. The number of carbonyl (C=O) groups excluding carboxylic acids is 2. The summed E-state index contributed by atoms with van der Waals surface area (Å²) in [6, 6.07) is 14.1. The number of pyridine rings is 1. The van der Waals surface area contributed by atoms with Gasteiger partial charge >= 0.3 is 0 Å². The van der Waals surface area contributed by atoms with E-state index in [0.29, 0.717) is 0 Å². The topological polar surface area (TPSA) is 73.9 Å². The molecule has 1 aliphatic heterocycles. The van der Waals surface area contributed by atoms with E-state index in [1.165, 1.54) is 0 Å². The van der Waals surface area contributed by atoms with Gasteiger partial charge in [-0.1, -0.05) is 36.4 Å². The van der Waals surface area contributed by atoms with Gasteiger partial charge in [-0.15, -0.1) is 0 Å². The van der Waals surface area contributed by atoms with E-state index in [-0.39, 0.29) is 11.5 Å². The van der Waals surface area contributed by atoms with Crippen LogP contribution >= 0.6 is 0 Å². The molecule has 5 heteroatoms. The van der Waals surface area contributed by atoms with Crippen molar-refractivity contribution < 1.29 is 14.2 Å². The summed E-state index contributed by atoms with van der Waals surface area (Å²) in [7, 11) is 0. The van der Waals surface area contributed by atoms with Gasteiger partial charge in [0.25, 0.3) is 11.8 Å². The number of amides is 2. The molecule has 0 unspecified atom stereocenters. The van der Waals surface area contributed by atoms with Crippen molar-refractivity contribution in [1.29, 1.82) is 5.41 Å². The third-order valence-electron chi connectivity index (χ3n) is 3.73. The Bertz CT molecular complexity index is 765. The lowest BCUT2D eigenvalue weighted by molar-refractivity contribution is -0.711. The maximum Gasteiger partial charge on any atom is 0.296 e. The summed E-state index contributed by atoms with van der Waals surface area (Å²) in [5, 5.41) is 9.77. The van der Waals surface area contributed by atoms with Gasteiger partial charge in [0.05, 0.1) is 11.5 Å². The molecule has 108 valence electrons. The molecule has 0 bridgehead atoms. The van der Waals surface area contributed by atoms with Crippen LogP contribution in [0.1, 0.15) is 17.5 Å². The van der Waals surface area contributed by atoms with E-state index in [1.807, 2.05) is 48.5 Å². The van der Waals surface area contributed by atoms with Crippen molar-refractivity contribution >= 4 is 17.7 Å². The smallest absolute Gasteiger partial charge is 0.286 e. The van der Waals surface area contributed by atoms with Crippen LogP contribution < -0.4 is 9.88 Å². The highest BCUT2D eigenvalue weighted by atomic mass is 16.2. The number of hydrogen-bond donors (Lipinski definition) is 2. The molecule has 0 radical (unpaired) electrons. The van der Waals surface area contributed by atoms with Crippen molar-refractivity contribution in [2.75, 3.05) is 0 Å². The Morgan fingerprint density at radius 3 is 2.27 bits per heavy atom. The van der Waals surface area contributed by atoms with E-state index in [0.717, 1.165) is 5.56 Å². The third kappa shape index (κ3) is 2.34. The lowest BCUT2D eigenvalue weighted by atomic mass is 9.81. The Kier molecular flexibility index (Phi) is 3.64. The van der Waals surface area contributed by atoms with Gasteiger partial charge in [-0.2, -0.15) is 4.57 Å². The second-order valence-corrected chi connectivity index (χ2v) is 5.01. The van der Waals surface area contributed by atoms with Gasteiger partial charge in [-0.3, -0.25) is 20.3 Å². The lowest BCUT2D eigenvalue weighted by Crippen LogP contribution is -2.57. The van der Waals surface area contributed by atoms with Crippen LogP contribution in [-0.2, 0) is 9.59 Å². The van der Waals surface area contributed by atoms with E-state index >= 15 is 0 Å². The largest absolute Gasteiger partial charge is 0.296 e. The highest BCUT2D eigenvalue weighted by molar-refractivity contribution is 6.13. The van der Waals surface area contributed by atoms with Crippen LogP contribution in [0.15, 0.2) is 66.5 Å². The SMILES string of the molecule is N=C=C1C(=O)NC(=O)[C@@H]([n+]2ccccc2)[C@@H]1c1ccccc1. The fraction of sp³-hybridized carbons (Fsp3) is 0.118. The third-order valence-corrected chi connectivity index (χ3v) is 3.73. The van der Waals surface area contributed by atoms with Gasteiger partial charge in [0.2, 0.25) is 6.04 Å². The van der Waals surface area contributed by atoms with E-state index in [9.17, 15) is 9.59 Å². The van der Waals surface area contributed by atoms with Crippen LogP contribution in [0.2, 0.25) is 0 Å². The van der Waals surface area contributed by atoms with E-state index < -0.39 is 17.9 Å². The fourth-order valence-electron chi connectivity index (χ4n) is 2.75. The van der Waals surface area contributed by atoms with Crippen LogP contribution in [0.5, 0.6) is 0 Å². The molecule has 2 aromatic rings. The summed E-state index contributed by atoms with van der Waals surface area (Å²) in [5.74, 6) is 0.742. The first-order valence-electron chi connectivity index (χ1n) is 6.88. The maximum absolute atomic E-state index is 12.4. The van der Waals surface area contributed by atoms with Crippen LogP contribution in [0.25, 0.3) is 0 Å². The van der Waals surface area contributed by atoms with Gasteiger partial charge < -0.3 is 0 Å². The molecule has 2 amide bonds. The minimum absolute atomic E-state index is 0.159. The number of imide groups is 1. The van der Waals surface area contributed by atoms with Crippen molar-refractivity contribution in [2.45, 2.75) is 12.0 Å².